The molecule has 0 atom stereocenters. The molecule has 5 heteroatoms. The molecular weight excluding hydrogens is 215 g/mol. The number of hydrogen-bond acceptors (Lipinski definition) is 4. The number of methoxy groups -OCH3 is 1. The third-order valence-electron chi connectivity index (χ3n) is 1.87. The highest BCUT2D eigenvalue weighted by Gasteiger charge is 2.13. The highest BCUT2D eigenvalue weighted by Crippen LogP contribution is 2.30. The van der Waals surface area contributed by atoms with Crippen LogP contribution in [0.5, 0.6) is 5.75 Å². The zero-order valence-corrected chi connectivity index (χ0v) is 9.90. The van der Waals surface area contributed by atoms with Gasteiger partial charge in [-0.1, -0.05) is 0 Å². The van der Waals surface area contributed by atoms with Crippen molar-refractivity contribution in [3.05, 3.63) is 23.5 Å². The van der Waals surface area contributed by atoms with E-state index in [1.807, 2.05) is 24.5 Å². The van der Waals surface area contributed by atoms with Gasteiger partial charge in [-0.05, 0) is 38.2 Å². The smallest absolute Gasteiger partial charge is 0.170 e. The molecule has 2 N–H and O–H groups in total. The summed E-state index contributed by atoms with van der Waals surface area (Å²) in [7, 11) is 5.23. The van der Waals surface area contributed by atoms with Crippen LogP contribution in [-0.4, -0.2) is 25.5 Å². The summed E-state index contributed by atoms with van der Waals surface area (Å²) in [4.78, 5) is 0.820. The second-order valence-corrected chi connectivity index (χ2v) is 4.52. The second-order valence-electron chi connectivity index (χ2n) is 3.17. The van der Waals surface area contributed by atoms with Gasteiger partial charge in [-0.3, -0.25) is 4.31 Å². The van der Waals surface area contributed by atoms with Crippen LogP contribution in [0.3, 0.4) is 0 Å². The molecule has 0 radical (unpaired) electrons. The largest absolute Gasteiger partial charge is 0.494 e. The number of nitrogens with zero attached hydrogens (tertiary/aromatic N) is 1. The molecule has 0 aliphatic heterocycles. The van der Waals surface area contributed by atoms with Crippen molar-refractivity contribution < 1.29 is 9.13 Å². The number of hydrogen-bond donors (Lipinski definition) is 1. The number of halogens is 1. The third kappa shape index (κ3) is 2.84. The maximum atomic E-state index is 13.7. The Bertz CT molecular complexity index is 344. The molecule has 1 aromatic rings. The van der Waals surface area contributed by atoms with Crippen molar-refractivity contribution in [3.8, 4) is 5.75 Å². The first kappa shape index (κ1) is 12.3. The molecule has 0 unspecified atom stereocenters. The van der Waals surface area contributed by atoms with Gasteiger partial charge in [0.2, 0.25) is 0 Å². The van der Waals surface area contributed by atoms with E-state index in [1.54, 1.807) is 6.07 Å². The first-order chi connectivity index (χ1) is 7.10. The summed E-state index contributed by atoms with van der Waals surface area (Å²) in [5.74, 6) is -0.134. The summed E-state index contributed by atoms with van der Waals surface area (Å²) in [5.41, 5.74) is 6.02. The second kappa shape index (κ2) is 5.34. The molecule has 0 heterocycles. The highest BCUT2D eigenvalue weighted by molar-refractivity contribution is 7.97. The molecule has 0 bridgehead atoms. The van der Waals surface area contributed by atoms with Gasteiger partial charge in [-0.2, -0.15) is 0 Å². The molecule has 0 aromatic heterocycles. The molecule has 84 valence electrons. The molecule has 0 aliphatic carbocycles. The van der Waals surface area contributed by atoms with Gasteiger partial charge in [-0.25, -0.2) is 4.39 Å². The Morgan fingerprint density at radius 1 is 1.47 bits per heavy atom. The van der Waals surface area contributed by atoms with E-state index >= 15 is 0 Å². The fourth-order valence-corrected chi connectivity index (χ4v) is 2.02. The van der Waals surface area contributed by atoms with Crippen LogP contribution < -0.4 is 10.5 Å². The minimum atomic E-state index is -0.369. The molecule has 0 saturated heterocycles. The monoisotopic (exact) mass is 230 g/mol. The fourth-order valence-electron chi connectivity index (χ4n) is 1.21. The minimum absolute atomic E-state index is 0.166. The Labute approximate surface area is 93.5 Å². The Morgan fingerprint density at radius 3 is 2.60 bits per heavy atom. The maximum absolute atomic E-state index is 13.7. The van der Waals surface area contributed by atoms with Gasteiger partial charge in [-0.15, -0.1) is 0 Å². The van der Waals surface area contributed by atoms with Crippen LogP contribution in [0.2, 0.25) is 0 Å². The zero-order valence-electron chi connectivity index (χ0n) is 9.08. The molecule has 1 rings (SSSR count). The van der Waals surface area contributed by atoms with Crippen molar-refractivity contribution in [2.45, 2.75) is 11.4 Å². The maximum Gasteiger partial charge on any atom is 0.170 e. The number of rotatable bonds is 4. The molecule has 0 saturated carbocycles. The van der Waals surface area contributed by atoms with Gasteiger partial charge in [0.15, 0.2) is 11.6 Å². The fraction of sp³-hybridized carbons (Fsp3) is 0.400. The molecule has 0 aliphatic rings. The lowest BCUT2D eigenvalue weighted by molar-refractivity contribution is 0.383. The standard InChI is InChI=1S/C10H15FN2OS/c1-13(2)15-9-5-4-8(14-3)10(11)7(9)6-12/h4-5H,6,12H2,1-3H3. The Kier molecular flexibility index (Phi) is 4.38. The van der Waals surface area contributed by atoms with E-state index in [0.717, 1.165) is 4.90 Å². The molecular formula is C10H15FN2OS. The van der Waals surface area contributed by atoms with Crippen LogP contribution in [0.25, 0.3) is 0 Å². The van der Waals surface area contributed by atoms with Crippen LogP contribution in [0, 0.1) is 5.82 Å². The van der Waals surface area contributed by atoms with Crippen molar-refractivity contribution in [2.24, 2.45) is 5.73 Å². The predicted octanol–water partition coefficient (Wildman–Crippen LogP) is 1.86. The quantitative estimate of drug-likeness (QED) is 0.801. The topological polar surface area (TPSA) is 38.5 Å². The summed E-state index contributed by atoms with van der Waals surface area (Å²) in [5, 5.41) is 0. The van der Waals surface area contributed by atoms with Crippen LogP contribution in [0.4, 0.5) is 4.39 Å². The molecule has 15 heavy (non-hydrogen) atoms. The van der Waals surface area contributed by atoms with Crippen LogP contribution in [0.15, 0.2) is 17.0 Å². The van der Waals surface area contributed by atoms with Gasteiger partial charge in [0, 0.05) is 17.0 Å². The molecule has 0 amide bonds. The van der Waals surface area contributed by atoms with E-state index in [-0.39, 0.29) is 18.1 Å². The van der Waals surface area contributed by atoms with Crippen LogP contribution in [-0.2, 0) is 6.54 Å². The van der Waals surface area contributed by atoms with Crippen molar-refractivity contribution in [1.82, 2.24) is 4.31 Å². The average molecular weight is 230 g/mol. The van der Waals surface area contributed by atoms with Crippen LogP contribution >= 0.6 is 11.9 Å². The van der Waals surface area contributed by atoms with Gasteiger partial charge in [0.25, 0.3) is 0 Å². The average Bonchev–Trinajstić information content (AvgIpc) is 2.18. The Morgan fingerprint density at radius 2 is 2.13 bits per heavy atom. The van der Waals surface area contributed by atoms with E-state index in [2.05, 4.69) is 0 Å². The lowest BCUT2D eigenvalue weighted by Crippen LogP contribution is -2.07. The van der Waals surface area contributed by atoms with Gasteiger partial charge < -0.3 is 10.5 Å². The summed E-state index contributed by atoms with van der Waals surface area (Å²) < 4.78 is 20.5. The van der Waals surface area contributed by atoms with E-state index < -0.39 is 0 Å². The predicted molar refractivity (Wildman–Crippen MR) is 60.4 cm³/mol. The SMILES string of the molecule is COc1ccc(SN(C)C)c(CN)c1F. The Hall–Kier alpha value is -0.780. The lowest BCUT2D eigenvalue weighted by atomic mass is 10.2. The summed E-state index contributed by atoms with van der Waals surface area (Å²) in [6, 6.07) is 3.43. The molecule has 0 fully saturated rings. The number of nitrogens with two attached hydrogens (primary N) is 1. The highest BCUT2D eigenvalue weighted by atomic mass is 32.2. The molecule has 1 aromatic carbocycles. The third-order valence-corrected chi connectivity index (χ3v) is 2.81. The molecule has 0 spiro atoms. The minimum Gasteiger partial charge on any atom is -0.494 e. The van der Waals surface area contributed by atoms with Gasteiger partial charge >= 0.3 is 0 Å². The zero-order chi connectivity index (χ0) is 11.4. The van der Waals surface area contributed by atoms with Crippen molar-refractivity contribution in [1.29, 1.82) is 0 Å². The summed E-state index contributed by atoms with van der Waals surface area (Å²) in [6.07, 6.45) is 0. The van der Waals surface area contributed by atoms with E-state index in [1.165, 1.54) is 19.1 Å². The normalized spacial score (nSPS) is 10.8. The van der Waals surface area contributed by atoms with E-state index in [4.69, 9.17) is 10.5 Å². The first-order valence-electron chi connectivity index (χ1n) is 4.50. The Balaban J connectivity index is 3.12. The lowest BCUT2D eigenvalue weighted by Gasteiger charge is -2.14. The summed E-state index contributed by atoms with van der Waals surface area (Å²) >= 11 is 1.44. The number of benzene rings is 1. The van der Waals surface area contributed by atoms with Gasteiger partial charge in [0.1, 0.15) is 0 Å². The van der Waals surface area contributed by atoms with Crippen molar-refractivity contribution in [3.63, 3.8) is 0 Å². The first-order valence-corrected chi connectivity index (χ1v) is 5.28. The van der Waals surface area contributed by atoms with Crippen LogP contribution in [0.1, 0.15) is 5.56 Å². The van der Waals surface area contributed by atoms with Crippen molar-refractivity contribution in [2.75, 3.05) is 21.2 Å². The van der Waals surface area contributed by atoms with E-state index in [9.17, 15) is 4.39 Å². The van der Waals surface area contributed by atoms with Crippen molar-refractivity contribution >= 4 is 11.9 Å². The van der Waals surface area contributed by atoms with Gasteiger partial charge in [0.05, 0.1) is 7.11 Å². The van der Waals surface area contributed by atoms with E-state index in [0.29, 0.717) is 5.56 Å². The summed E-state index contributed by atoms with van der Waals surface area (Å²) in [6.45, 7) is 0.166. The molecule has 3 nitrogen and oxygen atoms in total. The number of ether oxygens (including phenoxy) is 1.